The highest BCUT2D eigenvalue weighted by atomic mass is 16.5. The first-order chi connectivity index (χ1) is 5.86. The zero-order valence-electron chi connectivity index (χ0n) is 7.33. The maximum absolute atomic E-state index is 9.50. The lowest BCUT2D eigenvalue weighted by Gasteiger charge is -2.12. The highest BCUT2D eigenvalue weighted by Crippen LogP contribution is 2.28. The first-order valence-corrected chi connectivity index (χ1v) is 4.80. The summed E-state index contributed by atoms with van der Waals surface area (Å²) in [4.78, 5) is 0. The smallest absolute Gasteiger partial charge is 0.0826 e. The molecule has 12 heavy (non-hydrogen) atoms. The van der Waals surface area contributed by atoms with E-state index in [1.54, 1.807) is 0 Å². The average molecular weight is 168 g/mol. The van der Waals surface area contributed by atoms with Crippen molar-refractivity contribution in [2.75, 3.05) is 13.2 Å². The third kappa shape index (κ3) is 1.70. The molecule has 68 valence electrons. The van der Waals surface area contributed by atoms with Gasteiger partial charge >= 0.3 is 0 Å². The van der Waals surface area contributed by atoms with Crippen molar-refractivity contribution in [3.63, 3.8) is 0 Å². The molecule has 0 unspecified atom stereocenters. The highest BCUT2D eigenvalue weighted by molar-refractivity contribution is 5.09. The first-order valence-electron chi connectivity index (χ1n) is 4.80. The molecule has 2 atom stereocenters. The van der Waals surface area contributed by atoms with E-state index >= 15 is 0 Å². The van der Waals surface area contributed by atoms with Crippen molar-refractivity contribution in [1.82, 2.24) is 0 Å². The minimum absolute atomic E-state index is 0.216. The Labute approximate surface area is 73.2 Å². The van der Waals surface area contributed by atoms with Crippen LogP contribution >= 0.6 is 0 Å². The molecule has 0 aromatic rings. The van der Waals surface area contributed by atoms with Gasteiger partial charge in [-0.1, -0.05) is 11.6 Å². The van der Waals surface area contributed by atoms with Gasteiger partial charge in [0.2, 0.25) is 0 Å². The van der Waals surface area contributed by atoms with Crippen molar-refractivity contribution in [3.05, 3.63) is 11.6 Å². The van der Waals surface area contributed by atoms with Gasteiger partial charge in [-0.15, -0.1) is 0 Å². The predicted octanol–water partition coefficient (Wildman–Crippen LogP) is 1.49. The van der Waals surface area contributed by atoms with Crippen LogP contribution in [0.15, 0.2) is 11.6 Å². The summed E-state index contributed by atoms with van der Waals surface area (Å²) in [7, 11) is 0. The lowest BCUT2D eigenvalue weighted by molar-refractivity contribution is 0.118. The largest absolute Gasteiger partial charge is 0.390 e. The average Bonchev–Trinajstić information content (AvgIpc) is 2.65. The van der Waals surface area contributed by atoms with Crippen LogP contribution in [-0.4, -0.2) is 24.4 Å². The van der Waals surface area contributed by atoms with Gasteiger partial charge in [0.15, 0.2) is 0 Å². The van der Waals surface area contributed by atoms with Crippen LogP contribution in [0.3, 0.4) is 0 Å². The minimum Gasteiger partial charge on any atom is -0.390 e. The number of aliphatic hydroxyl groups excluding tert-OH is 1. The number of hydrogen-bond donors (Lipinski definition) is 1. The Morgan fingerprint density at radius 3 is 3.00 bits per heavy atom. The summed E-state index contributed by atoms with van der Waals surface area (Å²) < 4.78 is 5.20. The molecule has 1 saturated heterocycles. The Bertz CT molecular complexity index is 186. The molecule has 1 fully saturated rings. The minimum atomic E-state index is -0.216. The van der Waals surface area contributed by atoms with Gasteiger partial charge in [0.25, 0.3) is 0 Å². The molecular formula is C10H16O2. The molecule has 0 saturated carbocycles. The second-order valence-corrected chi connectivity index (χ2v) is 3.82. The third-order valence-electron chi connectivity index (χ3n) is 2.82. The van der Waals surface area contributed by atoms with Crippen molar-refractivity contribution >= 4 is 0 Å². The fraction of sp³-hybridized carbons (Fsp3) is 0.800. The molecule has 1 aliphatic heterocycles. The molecule has 1 N–H and O–H groups in total. The summed E-state index contributed by atoms with van der Waals surface area (Å²) in [5.74, 6) is 0.370. The summed E-state index contributed by atoms with van der Waals surface area (Å²) in [6.45, 7) is 1.29. The number of ether oxygens (including phenoxy) is 1. The molecular weight excluding hydrogens is 152 g/mol. The van der Waals surface area contributed by atoms with E-state index in [1.165, 1.54) is 24.8 Å². The van der Waals surface area contributed by atoms with Crippen LogP contribution in [0.5, 0.6) is 0 Å². The molecule has 1 aliphatic carbocycles. The Morgan fingerprint density at radius 1 is 1.50 bits per heavy atom. The quantitative estimate of drug-likeness (QED) is 0.633. The van der Waals surface area contributed by atoms with E-state index < -0.39 is 0 Å². The Hall–Kier alpha value is -0.340. The van der Waals surface area contributed by atoms with Gasteiger partial charge in [-0.2, -0.15) is 0 Å². The molecule has 0 bridgehead atoms. The van der Waals surface area contributed by atoms with E-state index in [2.05, 4.69) is 6.08 Å². The maximum atomic E-state index is 9.50. The van der Waals surface area contributed by atoms with Crippen LogP contribution in [0.1, 0.15) is 25.7 Å². The van der Waals surface area contributed by atoms with Gasteiger partial charge in [-0.3, -0.25) is 0 Å². The lowest BCUT2D eigenvalue weighted by Crippen LogP contribution is -2.17. The van der Waals surface area contributed by atoms with Crippen LogP contribution < -0.4 is 0 Å². The van der Waals surface area contributed by atoms with Crippen molar-refractivity contribution in [2.45, 2.75) is 31.8 Å². The van der Waals surface area contributed by atoms with Crippen molar-refractivity contribution in [3.8, 4) is 0 Å². The van der Waals surface area contributed by atoms with E-state index in [-0.39, 0.29) is 6.10 Å². The number of rotatable bonds is 2. The van der Waals surface area contributed by atoms with Crippen molar-refractivity contribution < 1.29 is 9.84 Å². The van der Waals surface area contributed by atoms with E-state index in [9.17, 15) is 5.11 Å². The second kappa shape index (κ2) is 3.58. The van der Waals surface area contributed by atoms with Crippen LogP contribution in [0, 0.1) is 5.92 Å². The summed E-state index contributed by atoms with van der Waals surface area (Å²) >= 11 is 0. The number of hydrogen-bond acceptors (Lipinski definition) is 2. The summed E-state index contributed by atoms with van der Waals surface area (Å²) in [6.07, 6.45) is 6.94. The lowest BCUT2D eigenvalue weighted by atomic mass is 9.96. The Kier molecular flexibility index (Phi) is 2.47. The van der Waals surface area contributed by atoms with Crippen LogP contribution in [0.25, 0.3) is 0 Å². The van der Waals surface area contributed by atoms with Crippen LogP contribution in [0.4, 0.5) is 0 Å². The van der Waals surface area contributed by atoms with E-state index in [4.69, 9.17) is 4.74 Å². The first kappa shape index (κ1) is 8.27. The van der Waals surface area contributed by atoms with Gasteiger partial charge in [-0.25, -0.2) is 0 Å². The third-order valence-corrected chi connectivity index (χ3v) is 2.82. The SMILES string of the molecule is O[C@@H]1COC[C@H]1CC1=CCCC1. The van der Waals surface area contributed by atoms with E-state index in [0.29, 0.717) is 12.5 Å². The molecule has 2 rings (SSSR count). The molecule has 1 heterocycles. The van der Waals surface area contributed by atoms with E-state index in [1.807, 2.05) is 0 Å². The molecule has 0 aromatic heterocycles. The standard InChI is InChI=1S/C10H16O2/c11-10-7-12-6-9(10)5-8-3-1-2-4-8/h3,9-11H,1-2,4-7H2/t9-,10-/m1/s1. The highest BCUT2D eigenvalue weighted by Gasteiger charge is 2.27. The van der Waals surface area contributed by atoms with Gasteiger partial charge in [0, 0.05) is 5.92 Å². The zero-order valence-corrected chi connectivity index (χ0v) is 7.33. The van der Waals surface area contributed by atoms with Crippen LogP contribution in [0.2, 0.25) is 0 Å². The molecule has 0 aromatic carbocycles. The summed E-state index contributed by atoms with van der Waals surface area (Å²) in [5, 5.41) is 9.50. The molecule has 0 spiro atoms. The monoisotopic (exact) mass is 168 g/mol. The molecule has 2 heteroatoms. The number of aliphatic hydroxyl groups is 1. The van der Waals surface area contributed by atoms with Gasteiger partial charge in [-0.05, 0) is 25.7 Å². The normalized spacial score (nSPS) is 35.6. The Balaban J connectivity index is 1.85. The second-order valence-electron chi connectivity index (χ2n) is 3.82. The number of allylic oxidation sites excluding steroid dienone is 2. The van der Waals surface area contributed by atoms with Crippen molar-refractivity contribution in [2.24, 2.45) is 5.92 Å². The van der Waals surface area contributed by atoms with Crippen LogP contribution in [-0.2, 0) is 4.74 Å². The molecule has 0 amide bonds. The van der Waals surface area contributed by atoms with Gasteiger partial charge < -0.3 is 9.84 Å². The van der Waals surface area contributed by atoms with Gasteiger partial charge in [0.1, 0.15) is 0 Å². The summed E-state index contributed by atoms with van der Waals surface area (Å²) in [5.41, 5.74) is 1.53. The molecule has 0 radical (unpaired) electrons. The van der Waals surface area contributed by atoms with Crippen molar-refractivity contribution in [1.29, 1.82) is 0 Å². The molecule has 2 nitrogen and oxygen atoms in total. The van der Waals surface area contributed by atoms with Gasteiger partial charge in [0.05, 0.1) is 19.3 Å². The fourth-order valence-corrected chi connectivity index (χ4v) is 2.04. The van der Waals surface area contributed by atoms with E-state index in [0.717, 1.165) is 13.0 Å². The zero-order chi connectivity index (χ0) is 8.39. The maximum Gasteiger partial charge on any atom is 0.0826 e. The fourth-order valence-electron chi connectivity index (χ4n) is 2.04. The molecule has 2 aliphatic rings. The predicted molar refractivity (Wildman–Crippen MR) is 46.9 cm³/mol. The topological polar surface area (TPSA) is 29.5 Å². The Morgan fingerprint density at radius 2 is 2.42 bits per heavy atom. The summed E-state index contributed by atoms with van der Waals surface area (Å²) in [6, 6.07) is 0.